The first-order chi connectivity index (χ1) is 9.90. The second kappa shape index (κ2) is 7.24. The van der Waals surface area contributed by atoms with Gasteiger partial charge in [-0.2, -0.15) is 0 Å². The summed E-state index contributed by atoms with van der Waals surface area (Å²) in [4.78, 5) is 2.69. The third-order valence-electron chi connectivity index (χ3n) is 4.67. The van der Waals surface area contributed by atoms with Crippen molar-refractivity contribution in [3.63, 3.8) is 0 Å². The molecule has 1 aromatic carbocycles. The molecular formula is C18H28N2. The van der Waals surface area contributed by atoms with Gasteiger partial charge in [-0.15, -0.1) is 0 Å². The highest BCUT2D eigenvalue weighted by Crippen LogP contribution is 2.33. The molecule has 1 unspecified atom stereocenters. The molecule has 1 aliphatic carbocycles. The molecule has 1 atom stereocenters. The first kappa shape index (κ1) is 14.1. The Hall–Kier alpha value is -0.860. The van der Waals surface area contributed by atoms with Gasteiger partial charge in [-0.25, -0.2) is 0 Å². The second-order valence-electron chi connectivity index (χ2n) is 6.58. The fourth-order valence-electron chi connectivity index (χ4n) is 3.32. The lowest BCUT2D eigenvalue weighted by Crippen LogP contribution is -2.39. The maximum absolute atomic E-state index is 3.73. The van der Waals surface area contributed by atoms with Crippen LogP contribution < -0.4 is 5.32 Å². The van der Waals surface area contributed by atoms with E-state index in [1.54, 1.807) is 0 Å². The normalized spacial score (nSPS) is 24.5. The van der Waals surface area contributed by atoms with Gasteiger partial charge in [-0.3, -0.25) is 0 Å². The fraction of sp³-hybridized carbons (Fsp3) is 0.667. The summed E-state index contributed by atoms with van der Waals surface area (Å²) < 4.78 is 0. The molecule has 2 fully saturated rings. The Morgan fingerprint density at radius 1 is 1.15 bits per heavy atom. The first-order valence-electron chi connectivity index (χ1n) is 8.40. The van der Waals surface area contributed by atoms with Crippen molar-refractivity contribution in [3.8, 4) is 0 Å². The fourth-order valence-corrected chi connectivity index (χ4v) is 3.32. The van der Waals surface area contributed by atoms with Crippen molar-refractivity contribution in [1.29, 1.82) is 0 Å². The predicted octanol–water partition coefficient (Wildman–Crippen LogP) is 3.08. The average molecular weight is 272 g/mol. The smallest absolute Gasteiger partial charge is 0.0235 e. The van der Waals surface area contributed by atoms with Gasteiger partial charge in [0, 0.05) is 12.6 Å². The van der Waals surface area contributed by atoms with Gasteiger partial charge in [-0.05, 0) is 56.8 Å². The van der Waals surface area contributed by atoms with E-state index in [1.807, 2.05) is 0 Å². The van der Waals surface area contributed by atoms with E-state index >= 15 is 0 Å². The van der Waals surface area contributed by atoms with E-state index in [9.17, 15) is 0 Å². The van der Waals surface area contributed by atoms with E-state index in [0.717, 1.165) is 5.92 Å². The highest BCUT2D eigenvalue weighted by atomic mass is 15.2. The average Bonchev–Trinajstić information content (AvgIpc) is 3.29. The third kappa shape index (κ3) is 4.60. The molecule has 2 heteroatoms. The minimum Gasteiger partial charge on any atom is -0.312 e. The molecule has 2 nitrogen and oxygen atoms in total. The minimum absolute atomic E-state index is 0.626. The largest absolute Gasteiger partial charge is 0.312 e. The van der Waals surface area contributed by atoms with Gasteiger partial charge >= 0.3 is 0 Å². The standard InChI is InChI=1S/C18H28N2/c1-2-6-17(7-3-1)14-18-15-20(13-5-11-19-18)12-4-8-16-9-10-16/h1-3,6-7,16,18-19H,4-5,8-15H2. The van der Waals surface area contributed by atoms with Crippen LogP contribution in [0.3, 0.4) is 0 Å². The van der Waals surface area contributed by atoms with E-state index in [4.69, 9.17) is 0 Å². The molecule has 2 aliphatic rings. The van der Waals surface area contributed by atoms with Crippen LogP contribution in [-0.2, 0) is 6.42 Å². The van der Waals surface area contributed by atoms with Gasteiger partial charge in [-0.1, -0.05) is 43.2 Å². The summed E-state index contributed by atoms with van der Waals surface area (Å²) in [6, 6.07) is 11.5. The molecule has 0 amide bonds. The highest BCUT2D eigenvalue weighted by Gasteiger charge is 2.22. The van der Waals surface area contributed by atoms with E-state index in [-0.39, 0.29) is 0 Å². The zero-order valence-corrected chi connectivity index (χ0v) is 12.6. The summed E-state index contributed by atoms with van der Waals surface area (Å²) >= 11 is 0. The Kier molecular flexibility index (Phi) is 5.10. The molecule has 0 spiro atoms. The monoisotopic (exact) mass is 272 g/mol. The summed E-state index contributed by atoms with van der Waals surface area (Å²) in [6.45, 7) is 4.99. The van der Waals surface area contributed by atoms with Crippen LogP contribution in [0, 0.1) is 5.92 Å². The molecule has 3 rings (SSSR count). The van der Waals surface area contributed by atoms with E-state index in [2.05, 4.69) is 40.5 Å². The van der Waals surface area contributed by atoms with Crippen LogP contribution in [0.15, 0.2) is 30.3 Å². The van der Waals surface area contributed by atoms with E-state index < -0.39 is 0 Å². The van der Waals surface area contributed by atoms with Gasteiger partial charge in [0.25, 0.3) is 0 Å². The zero-order chi connectivity index (χ0) is 13.6. The topological polar surface area (TPSA) is 15.3 Å². The Bertz CT molecular complexity index is 386. The first-order valence-corrected chi connectivity index (χ1v) is 8.40. The van der Waals surface area contributed by atoms with Crippen molar-refractivity contribution >= 4 is 0 Å². The third-order valence-corrected chi connectivity index (χ3v) is 4.67. The summed E-state index contributed by atoms with van der Waals surface area (Å²) in [7, 11) is 0. The molecule has 1 saturated carbocycles. The second-order valence-corrected chi connectivity index (χ2v) is 6.58. The maximum Gasteiger partial charge on any atom is 0.0235 e. The van der Waals surface area contributed by atoms with Crippen LogP contribution in [0.5, 0.6) is 0 Å². The quantitative estimate of drug-likeness (QED) is 0.856. The van der Waals surface area contributed by atoms with Crippen molar-refractivity contribution in [2.24, 2.45) is 5.92 Å². The van der Waals surface area contributed by atoms with Crippen LogP contribution in [0.1, 0.15) is 37.7 Å². The number of hydrogen-bond donors (Lipinski definition) is 1. The van der Waals surface area contributed by atoms with Crippen LogP contribution in [-0.4, -0.2) is 37.1 Å². The summed E-state index contributed by atoms with van der Waals surface area (Å²) in [5.74, 6) is 1.08. The Labute approximate surface area is 123 Å². The lowest BCUT2D eigenvalue weighted by Gasteiger charge is -2.24. The zero-order valence-electron chi connectivity index (χ0n) is 12.6. The number of rotatable bonds is 6. The lowest BCUT2D eigenvalue weighted by atomic mass is 10.1. The molecule has 110 valence electrons. The van der Waals surface area contributed by atoms with E-state index in [1.165, 1.54) is 70.3 Å². The number of nitrogens with one attached hydrogen (secondary N) is 1. The summed E-state index contributed by atoms with van der Waals surface area (Å²) in [5, 5.41) is 3.73. The maximum atomic E-state index is 3.73. The van der Waals surface area contributed by atoms with Gasteiger partial charge in [0.05, 0.1) is 0 Å². The molecule has 1 aromatic rings. The van der Waals surface area contributed by atoms with Gasteiger partial charge in [0.1, 0.15) is 0 Å². The van der Waals surface area contributed by atoms with Crippen molar-refractivity contribution < 1.29 is 0 Å². The number of hydrogen-bond acceptors (Lipinski definition) is 2. The number of benzene rings is 1. The van der Waals surface area contributed by atoms with Crippen molar-refractivity contribution in [3.05, 3.63) is 35.9 Å². The molecule has 1 heterocycles. The van der Waals surface area contributed by atoms with Crippen molar-refractivity contribution in [2.75, 3.05) is 26.2 Å². The molecule has 0 radical (unpaired) electrons. The van der Waals surface area contributed by atoms with Gasteiger partial charge in [0.2, 0.25) is 0 Å². The summed E-state index contributed by atoms with van der Waals surface area (Å²) in [5.41, 5.74) is 1.46. The molecule has 1 N–H and O–H groups in total. The van der Waals surface area contributed by atoms with E-state index in [0.29, 0.717) is 6.04 Å². The van der Waals surface area contributed by atoms with Gasteiger partial charge < -0.3 is 10.2 Å². The molecule has 20 heavy (non-hydrogen) atoms. The van der Waals surface area contributed by atoms with Crippen molar-refractivity contribution in [1.82, 2.24) is 10.2 Å². The Morgan fingerprint density at radius 3 is 2.80 bits per heavy atom. The molecule has 1 aliphatic heterocycles. The molecule has 0 bridgehead atoms. The summed E-state index contributed by atoms with van der Waals surface area (Å²) in [6.07, 6.45) is 8.33. The predicted molar refractivity (Wildman–Crippen MR) is 85.0 cm³/mol. The molecule has 1 saturated heterocycles. The Morgan fingerprint density at radius 2 is 2.00 bits per heavy atom. The molecule has 0 aromatic heterocycles. The minimum atomic E-state index is 0.626. The van der Waals surface area contributed by atoms with Crippen molar-refractivity contribution in [2.45, 2.75) is 44.6 Å². The van der Waals surface area contributed by atoms with Crippen LogP contribution >= 0.6 is 0 Å². The number of nitrogens with zero attached hydrogens (tertiary/aromatic N) is 1. The van der Waals surface area contributed by atoms with Crippen LogP contribution in [0.4, 0.5) is 0 Å². The highest BCUT2D eigenvalue weighted by molar-refractivity contribution is 5.16. The Balaban J connectivity index is 1.46. The SMILES string of the molecule is c1ccc(CC2CN(CCCC3CC3)CCCN2)cc1. The lowest BCUT2D eigenvalue weighted by molar-refractivity contribution is 0.260. The van der Waals surface area contributed by atoms with Crippen LogP contribution in [0.25, 0.3) is 0 Å². The van der Waals surface area contributed by atoms with Gasteiger partial charge in [0.15, 0.2) is 0 Å². The van der Waals surface area contributed by atoms with Crippen LogP contribution in [0.2, 0.25) is 0 Å². The molecular weight excluding hydrogens is 244 g/mol.